The van der Waals surface area contributed by atoms with Crippen LogP contribution in [0.5, 0.6) is 0 Å². The summed E-state index contributed by atoms with van der Waals surface area (Å²) in [6.07, 6.45) is 2.51. The van der Waals surface area contributed by atoms with Crippen LogP contribution >= 0.6 is 0 Å². The topological polar surface area (TPSA) is 0 Å². The van der Waals surface area contributed by atoms with Crippen LogP contribution in [-0.2, 0) is 0 Å². The van der Waals surface area contributed by atoms with Gasteiger partial charge in [0.05, 0.1) is 0 Å². The van der Waals surface area contributed by atoms with Crippen molar-refractivity contribution in [1.82, 2.24) is 0 Å². The van der Waals surface area contributed by atoms with Gasteiger partial charge in [-0.3, -0.25) is 0 Å². The molecular formula is C16H32. The van der Waals surface area contributed by atoms with E-state index in [1.807, 2.05) is 0 Å². The molecule has 0 rings (SSSR count). The Kier molecular flexibility index (Phi) is 5.29. The van der Waals surface area contributed by atoms with Crippen LogP contribution in [0.25, 0.3) is 0 Å². The lowest BCUT2D eigenvalue weighted by Crippen LogP contribution is -2.35. The van der Waals surface area contributed by atoms with Gasteiger partial charge in [-0.1, -0.05) is 67.0 Å². The summed E-state index contributed by atoms with van der Waals surface area (Å²) in [5, 5.41) is 0. The maximum atomic E-state index is 4.22. The van der Waals surface area contributed by atoms with Crippen LogP contribution < -0.4 is 0 Å². The summed E-state index contributed by atoms with van der Waals surface area (Å²) in [6.45, 7) is 22.9. The fourth-order valence-electron chi connectivity index (χ4n) is 3.64. The van der Waals surface area contributed by atoms with Crippen molar-refractivity contribution in [3.63, 3.8) is 0 Å². The molecule has 0 nitrogen and oxygen atoms in total. The van der Waals surface area contributed by atoms with Gasteiger partial charge in [0.25, 0.3) is 0 Å². The van der Waals surface area contributed by atoms with Crippen LogP contribution in [0.15, 0.2) is 12.2 Å². The summed E-state index contributed by atoms with van der Waals surface area (Å²) in [5.74, 6) is 1.32. The van der Waals surface area contributed by atoms with Crippen molar-refractivity contribution < 1.29 is 0 Å². The molecule has 96 valence electrons. The first kappa shape index (κ1) is 15.7. The van der Waals surface area contributed by atoms with Gasteiger partial charge in [-0.25, -0.2) is 0 Å². The molecule has 0 heterocycles. The molecule has 0 N–H and O–H groups in total. The number of hydrogen-bond acceptors (Lipinski definition) is 0. The molecule has 2 unspecified atom stereocenters. The minimum absolute atomic E-state index is 0.387. The van der Waals surface area contributed by atoms with Gasteiger partial charge in [0.15, 0.2) is 0 Å². The monoisotopic (exact) mass is 224 g/mol. The minimum atomic E-state index is 0.387. The number of rotatable bonds is 5. The van der Waals surface area contributed by atoms with E-state index in [0.29, 0.717) is 22.7 Å². The highest BCUT2D eigenvalue weighted by Gasteiger charge is 2.37. The Morgan fingerprint density at radius 3 is 1.75 bits per heavy atom. The summed E-state index contributed by atoms with van der Waals surface area (Å²) in [7, 11) is 0. The van der Waals surface area contributed by atoms with Gasteiger partial charge in [-0.05, 0) is 36.0 Å². The van der Waals surface area contributed by atoms with Crippen LogP contribution in [0.2, 0.25) is 0 Å². The third-order valence-corrected chi connectivity index (χ3v) is 3.69. The third-order valence-electron chi connectivity index (χ3n) is 3.69. The van der Waals surface area contributed by atoms with Crippen molar-refractivity contribution in [3.8, 4) is 0 Å². The Morgan fingerprint density at radius 1 is 1.12 bits per heavy atom. The van der Waals surface area contributed by atoms with Crippen molar-refractivity contribution in [2.24, 2.45) is 22.7 Å². The minimum Gasteiger partial charge on any atom is -0.0998 e. The first-order chi connectivity index (χ1) is 7.03. The maximum absolute atomic E-state index is 4.22. The molecule has 0 aromatic carbocycles. The Bertz CT molecular complexity index is 229. The first-order valence-corrected chi connectivity index (χ1v) is 6.69. The normalized spacial score (nSPS) is 18.3. The molecule has 0 radical (unpaired) electrons. The van der Waals surface area contributed by atoms with E-state index in [2.05, 4.69) is 62.0 Å². The molecule has 0 fully saturated rings. The molecule has 0 bridgehead atoms. The van der Waals surface area contributed by atoms with Crippen LogP contribution in [0, 0.1) is 22.7 Å². The van der Waals surface area contributed by atoms with E-state index >= 15 is 0 Å². The zero-order valence-corrected chi connectivity index (χ0v) is 12.8. The lowest BCUT2D eigenvalue weighted by atomic mass is 9.61. The first-order valence-electron chi connectivity index (χ1n) is 6.69. The lowest BCUT2D eigenvalue weighted by Gasteiger charge is -2.44. The fraction of sp³-hybridized carbons (Fsp3) is 0.875. The van der Waals surface area contributed by atoms with Crippen molar-refractivity contribution >= 4 is 0 Å². The summed E-state index contributed by atoms with van der Waals surface area (Å²) in [4.78, 5) is 0. The van der Waals surface area contributed by atoms with Crippen LogP contribution in [0.3, 0.4) is 0 Å². The SMILES string of the molecule is C=C(C)C(C(C)C)C(C)(CC)CC(C)(C)C. The highest BCUT2D eigenvalue weighted by atomic mass is 14.4. The molecule has 0 saturated heterocycles. The fourth-order valence-corrected chi connectivity index (χ4v) is 3.64. The van der Waals surface area contributed by atoms with Crippen molar-refractivity contribution in [2.45, 2.75) is 68.2 Å². The van der Waals surface area contributed by atoms with Crippen LogP contribution in [0.4, 0.5) is 0 Å². The van der Waals surface area contributed by atoms with Gasteiger partial charge in [0.2, 0.25) is 0 Å². The van der Waals surface area contributed by atoms with Crippen LogP contribution in [-0.4, -0.2) is 0 Å². The zero-order chi connectivity index (χ0) is 13.1. The Labute approximate surface area is 104 Å². The average molecular weight is 224 g/mol. The van der Waals surface area contributed by atoms with Crippen molar-refractivity contribution in [2.75, 3.05) is 0 Å². The second kappa shape index (κ2) is 5.38. The van der Waals surface area contributed by atoms with E-state index in [-0.39, 0.29) is 0 Å². The Balaban J connectivity index is 5.11. The summed E-state index contributed by atoms with van der Waals surface area (Å²) in [6, 6.07) is 0. The Morgan fingerprint density at radius 2 is 1.56 bits per heavy atom. The second-order valence-corrected chi connectivity index (χ2v) is 7.31. The predicted octanol–water partition coefficient (Wildman–Crippen LogP) is 5.69. The van der Waals surface area contributed by atoms with E-state index in [4.69, 9.17) is 0 Å². The van der Waals surface area contributed by atoms with Crippen molar-refractivity contribution in [3.05, 3.63) is 12.2 Å². The molecular weight excluding hydrogens is 192 g/mol. The Hall–Kier alpha value is -0.260. The lowest BCUT2D eigenvalue weighted by molar-refractivity contribution is 0.0955. The maximum Gasteiger partial charge on any atom is -0.0131 e. The summed E-state index contributed by atoms with van der Waals surface area (Å²) < 4.78 is 0. The molecule has 2 atom stereocenters. The average Bonchev–Trinajstić information content (AvgIpc) is 1.98. The van der Waals surface area contributed by atoms with Gasteiger partial charge in [-0.15, -0.1) is 0 Å². The van der Waals surface area contributed by atoms with Gasteiger partial charge in [0, 0.05) is 0 Å². The molecule has 0 amide bonds. The molecule has 0 spiro atoms. The van der Waals surface area contributed by atoms with E-state index in [0.717, 1.165) is 0 Å². The van der Waals surface area contributed by atoms with E-state index in [1.165, 1.54) is 18.4 Å². The molecule has 0 saturated carbocycles. The van der Waals surface area contributed by atoms with Gasteiger partial charge in [0.1, 0.15) is 0 Å². The molecule has 0 aromatic heterocycles. The highest BCUT2D eigenvalue weighted by molar-refractivity contribution is 5.05. The van der Waals surface area contributed by atoms with Gasteiger partial charge >= 0.3 is 0 Å². The molecule has 0 aromatic rings. The number of hydrogen-bond donors (Lipinski definition) is 0. The molecule has 16 heavy (non-hydrogen) atoms. The summed E-state index contributed by atoms with van der Waals surface area (Å²) >= 11 is 0. The predicted molar refractivity (Wildman–Crippen MR) is 75.6 cm³/mol. The molecule has 0 aliphatic carbocycles. The highest BCUT2D eigenvalue weighted by Crippen LogP contribution is 2.47. The molecule has 0 heteroatoms. The standard InChI is InChI=1S/C16H32/c1-10-16(9,11-15(6,7)8)14(12(2)3)13(4)5/h13-14H,2,10-11H2,1,3-9H3. The molecule has 0 aliphatic rings. The number of allylic oxidation sites excluding steroid dienone is 1. The van der Waals surface area contributed by atoms with Crippen molar-refractivity contribution in [1.29, 1.82) is 0 Å². The quantitative estimate of drug-likeness (QED) is 0.526. The van der Waals surface area contributed by atoms with E-state index in [9.17, 15) is 0 Å². The van der Waals surface area contributed by atoms with E-state index < -0.39 is 0 Å². The second-order valence-electron chi connectivity index (χ2n) is 7.31. The zero-order valence-electron chi connectivity index (χ0n) is 12.8. The van der Waals surface area contributed by atoms with Crippen LogP contribution in [0.1, 0.15) is 68.2 Å². The third kappa shape index (κ3) is 4.31. The van der Waals surface area contributed by atoms with E-state index in [1.54, 1.807) is 0 Å². The smallest absolute Gasteiger partial charge is 0.0131 e. The van der Waals surface area contributed by atoms with Gasteiger partial charge < -0.3 is 0 Å². The molecule has 0 aliphatic heterocycles. The largest absolute Gasteiger partial charge is 0.0998 e. The summed E-state index contributed by atoms with van der Waals surface area (Å²) in [5.41, 5.74) is 2.13. The van der Waals surface area contributed by atoms with Gasteiger partial charge in [-0.2, -0.15) is 0 Å².